The Morgan fingerprint density at radius 3 is 2.88 bits per heavy atom. The Balaban J connectivity index is 1.71. The first-order valence-corrected chi connectivity index (χ1v) is 6.75. The molecule has 1 N–H and O–H groups in total. The van der Waals surface area contributed by atoms with Gasteiger partial charge in [0.15, 0.2) is 0 Å². The lowest BCUT2D eigenvalue weighted by atomic mass is 9.89. The Bertz CT molecular complexity index is 297. The third-order valence-corrected chi connectivity index (χ3v) is 3.73. The van der Waals surface area contributed by atoms with E-state index in [0.29, 0.717) is 0 Å². The third-order valence-electron chi connectivity index (χ3n) is 3.73. The number of hydrogen-bond acceptors (Lipinski definition) is 1. The molecule has 2 nitrogen and oxygen atoms in total. The SMILES string of the molecule is CCn1cccc1CNCC1CCCCC1. The summed E-state index contributed by atoms with van der Waals surface area (Å²) in [5.41, 5.74) is 1.42. The molecule has 90 valence electrons. The zero-order chi connectivity index (χ0) is 11.2. The van der Waals surface area contributed by atoms with E-state index in [4.69, 9.17) is 0 Å². The Morgan fingerprint density at radius 2 is 2.12 bits per heavy atom. The van der Waals surface area contributed by atoms with Gasteiger partial charge in [0.05, 0.1) is 0 Å². The lowest BCUT2D eigenvalue weighted by Crippen LogP contribution is -2.25. The van der Waals surface area contributed by atoms with Crippen LogP contribution in [0.2, 0.25) is 0 Å². The summed E-state index contributed by atoms with van der Waals surface area (Å²) in [6.45, 7) is 5.50. The minimum atomic E-state index is 0.929. The number of nitrogens with zero attached hydrogens (tertiary/aromatic N) is 1. The highest BCUT2D eigenvalue weighted by molar-refractivity contribution is 5.06. The second kappa shape index (κ2) is 6.09. The molecule has 0 atom stereocenters. The standard InChI is InChI=1S/C14H24N2/c1-2-16-10-6-9-14(16)12-15-11-13-7-4-3-5-8-13/h6,9-10,13,15H,2-5,7-8,11-12H2,1H3. The molecule has 0 aliphatic heterocycles. The van der Waals surface area contributed by atoms with Crippen LogP contribution in [0.5, 0.6) is 0 Å². The van der Waals surface area contributed by atoms with E-state index in [1.54, 1.807) is 0 Å². The van der Waals surface area contributed by atoms with E-state index >= 15 is 0 Å². The van der Waals surface area contributed by atoms with Gasteiger partial charge in [0.1, 0.15) is 0 Å². The van der Waals surface area contributed by atoms with Gasteiger partial charge < -0.3 is 9.88 Å². The summed E-state index contributed by atoms with van der Waals surface area (Å²) in [5.74, 6) is 0.929. The molecule has 1 aliphatic carbocycles. The van der Waals surface area contributed by atoms with Gasteiger partial charge in [-0.05, 0) is 44.4 Å². The Hall–Kier alpha value is -0.760. The lowest BCUT2D eigenvalue weighted by Gasteiger charge is -2.21. The van der Waals surface area contributed by atoms with Crippen LogP contribution in [-0.2, 0) is 13.1 Å². The van der Waals surface area contributed by atoms with Gasteiger partial charge in [-0.15, -0.1) is 0 Å². The van der Waals surface area contributed by atoms with E-state index in [-0.39, 0.29) is 0 Å². The average Bonchev–Trinajstić information content (AvgIpc) is 2.78. The van der Waals surface area contributed by atoms with Crippen LogP contribution >= 0.6 is 0 Å². The molecule has 0 amide bonds. The van der Waals surface area contributed by atoms with Gasteiger partial charge in [-0.3, -0.25) is 0 Å². The fraction of sp³-hybridized carbons (Fsp3) is 0.714. The van der Waals surface area contributed by atoms with Gasteiger partial charge in [0.2, 0.25) is 0 Å². The van der Waals surface area contributed by atoms with Gasteiger partial charge in [0, 0.05) is 25.0 Å². The van der Waals surface area contributed by atoms with Crippen molar-refractivity contribution in [1.29, 1.82) is 0 Å². The highest BCUT2D eigenvalue weighted by Gasteiger charge is 2.12. The largest absolute Gasteiger partial charge is 0.351 e. The summed E-state index contributed by atoms with van der Waals surface area (Å²) in [4.78, 5) is 0. The van der Waals surface area contributed by atoms with E-state index in [0.717, 1.165) is 19.0 Å². The Morgan fingerprint density at radius 1 is 1.31 bits per heavy atom. The van der Waals surface area contributed by atoms with Gasteiger partial charge in [-0.2, -0.15) is 0 Å². The maximum Gasteiger partial charge on any atom is 0.0359 e. The fourth-order valence-corrected chi connectivity index (χ4v) is 2.71. The predicted octanol–water partition coefficient (Wildman–Crippen LogP) is 3.18. The number of rotatable bonds is 5. The molecule has 1 aromatic rings. The van der Waals surface area contributed by atoms with Crippen LogP contribution in [0.3, 0.4) is 0 Å². The van der Waals surface area contributed by atoms with Gasteiger partial charge in [-0.1, -0.05) is 19.3 Å². The second-order valence-electron chi connectivity index (χ2n) is 4.92. The molecule has 0 bridgehead atoms. The van der Waals surface area contributed by atoms with Crippen LogP contribution in [-0.4, -0.2) is 11.1 Å². The van der Waals surface area contributed by atoms with Crippen LogP contribution < -0.4 is 5.32 Å². The van der Waals surface area contributed by atoms with Crippen molar-refractivity contribution in [3.8, 4) is 0 Å². The van der Waals surface area contributed by atoms with E-state index in [1.165, 1.54) is 44.3 Å². The molecule has 1 aromatic heterocycles. The first-order chi connectivity index (χ1) is 7.90. The molecule has 1 aliphatic rings. The number of hydrogen-bond donors (Lipinski definition) is 1. The minimum absolute atomic E-state index is 0.929. The number of aromatic nitrogens is 1. The summed E-state index contributed by atoms with van der Waals surface area (Å²) in [7, 11) is 0. The van der Waals surface area contributed by atoms with Gasteiger partial charge >= 0.3 is 0 Å². The molecule has 1 fully saturated rings. The van der Waals surface area contributed by atoms with Crippen LogP contribution in [0.1, 0.15) is 44.7 Å². The molecule has 0 radical (unpaired) electrons. The quantitative estimate of drug-likeness (QED) is 0.806. The molecule has 2 rings (SSSR count). The zero-order valence-electron chi connectivity index (χ0n) is 10.4. The van der Waals surface area contributed by atoms with Crippen molar-refractivity contribution in [2.75, 3.05) is 6.54 Å². The van der Waals surface area contributed by atoms with Gasteiger partial charge in [-0.25, -0.2) is 0 Å². The summed E-state index contributed by atoms with van der Waals surface area (Å²) < 4.78 is 2.31. The first-order valence-electron chi connectivity index (χ1n) is 6.75. The van der Waals surface area contributed by atoms with E-state index in [2.05, 4.69) is 35.1 Å². The smallest absolute Gasteiger partial charge is 0.0359 e. The third kappa shape index (κ3) is 3.11. The molecule has 0 unspecified atom stereocenters. The van der Waals surface area contributed by atoms with Crippen molar-refractivity contribution in [2.24, 2.45) is 5.92 Å². The minimum Gasteiger partial charge on any atom is -0.351 e. The van der Waals surface area contributed by atoms with Crippen molar-refractivity contribution in [3.05, 3.63) is 24.0 Å². The lowest BCUT2D eigenvalue weighted by molar-refractivity contribution is 0.341. The van der Waals surface area contributed by atoms with Gasteiger partial charge in [0.25, 0.3) is 0 Å². The molecule has 1 heterocycles. The Labute approximate surface area is 99.0 Å². The zero-order valence-corrected chi connectivity index (χ0v) is 10.4. The van der Waals surface area contributed by atoms with E-state index in [9.17, 15) is 0 Å². The van der Waals surface area contributed by atoms with E-state index < -0.39 is 0 Å². The first kappa shape index (κ1) is 11.7. The van der Waals surface area contributed by atoms with Crippen molar-refractivity contribution in [2.45, 2.75) is 52.1 Å². The molecule has 0 saturated heterocycles. The van der Waals surface area contributed by atoms with Crippen LogP contribution in [0, 0.1) is 5.92 Å². The average molecular weight is 220 g/mol. The maximum absolute atomic E-state index is 3.61. The van der Waals surface area contributed by atoms with Crippen molar-refractivity contribution >= 4 is 0 Å². The fourth-order valence-electron chi connectivity index (χ4n) is 2.71. The van der Waals surface area contributed by atoms with Crippen LogP contribution in [0.25, 0.3) is 0 Å². The normalized spacial score (nSPS) is 17.8. The topological polar surface area (TPSA) is 17.0 Å². The van der Waals surface area contributed by atoms with E-state index in [1.807, 2.05) is 0 Å². The second-order valence-corrected chi connectivity index (χ2v) is 4.92. The van der Waals surface area contributed by atoms with Crippen molar-refractivity contribution < 1.29 is 0 Å². The molecule has 1 saturated carbocycles. The monoisotopic (exact) mass is 220 g/mol. The van der Waals surface area contributed by atoms with Crippen LogP contribution in [0.15, 0.2) is 18.3 Å². The van der Waals surface area contributed by atoms with Crippen LogP contribution in [0.4, 0.5) is 0 Å². The molecule has 2 heteroatoms. The Kier molecular flexibility index (Phi) is 4.46. The molecular weight excluding hydrogens is 196 g/mol. The summed E-state index contributed by atoms with van der Waals surface area (Å²) in [6, 6.07) is 4.36. The number of nitrogens with one attached hydrogen (secondary N) is 1. The highest BCUT2D eigenvalue weighted by Crippen LogP contribution is 2.22. The predicted molar refractivity (Wildman–Crippen MR) is 68.4 cm³/mol. The molecule has 0 aromatic carbocycles. The maximum atomic E-state index is 3.61. The highest BCUT2D eigenvalue weighted by atomic mass is 15.0. The molecular formula is C14H24N2. The summed E-state index contributed by atoms with van der Waals surface area (Å²) in [5, 5.41) is 3.61. The number of aryl methyl sites for hydroxylation is 1. The summed E-state index contributed by atoms with van der Waals surface area (Å²) in [6.07, 6.45) is 9.37. The van der Waals surface area contributed by atoms with Crippen molar-refractivity contribution in [3.63, 3.8) is 0 Å². The summed E-state index contributed by atoms with van der Waals surface area (Å²) >= 11 is 0. The molecule has 16 heavy (non-hydrogen) atoms. The van der Waals surface area contributed by atoms with Crippen molar-refractivity contribution in [1.82, 2.24) is 9.88 Å². The molecule has 0 spiro atoms.